The third kappa shape index (κ3) is 2.78. The highest BCUT2D eigenvalue weighted by atomic mass is 79.9. The summed E-state index contributed by atoms with van der Waals surface area (Å²) in [4.78, 5) is 11.4. The molecule has 0 saturated carbocycles. The molecule has 1 atom stereocenters. The Morgan fingerprint density at radius 1 is 1.33 bits per heavy atom. The van der Waals surface area contributed by atoms with Crippen LogP contribution in [0.4, 0.5) is 5.69 Å². The van der Waals surface area contributed by atoms with E-state index >= 15 is 0 Å². The van der Waals surface area contributed by atoms with E-state index in [2.05, 4.69) is 21.2 Å². The largest absolute Gasteiger partial charge is 0.482 e. The lowest BCUT2D eigenvalue weighted by atomic mass is 10.0. The first-order chi connectivity index (χ1) is 10.1. The Balaban J connectivity index is 1.98. The Morgan fingerprint density at radius 3 is 2.95 bits per heavy atom. The van der Waals surface area contributed by atoms with Crippen LogP contribution in [-0.2, 0) is 4.79 Å². The highest BCUT2D eigenvalue weighted by Gasteiger charge is 2.20. The molecule has 1 aliphatic heterocycles. The molecule has 0 aromatic heterocycles. The lowest BCUT2D eigenvalue weighted by Crippen LogP contribution is -2.25. The van der Waals surface area contributed by atoms with Gasteiger partial charge in [0.05, 0.1) is 10.5 Å². The van der Waals surface area contributed by atoms with Crippen molar-refractivity contribution in [2.45, 2.75) is 11.8 Å². The maximum Gasteiger partial charge on any atom is 0.262 e. The van der Waals surface area contributed by atoms with E-state index in [4.69, 9.17) is 16.3 Å². The normalized spacial score (nSPS) is 14.9. The van der Waals surface area contributed by atoms with Crippen molar-refractivity contribution in [3.05, 3.63) is 58.1 Å². The standard InChI is InChI=1S/C16H13BrClNO2/c1-9-3-2-4-11(16(9)18)15(17)10-5-6-13-12(7-10)19-14(20)8-21-13/h2-7,15H,8H2,1H3,(H,19,20). The number of hydrogen-bond donors (Lipinski definition) is 1. The molecule has 3 nitrogen and oxygen atoms in total. The van der Waals surface area contributed by atoms with Crippen molar-refractivity contribution in [1.82, 2.24) is 0 Å². The number of anilines is 1. The van der Waals surface area contributed by atoms with Gasteiger partial charge >= 0.3 is 0 Å². The van der Waals surface area contributed by atoms with Crippen LogP contribution in [0, 0.1) is 6.92 Å². The second-order valence-electron chi connectivity index (χ2n) is 4.93. The molecule has 5 heteroatoms. The summed E-state index contributed by atoms with van der Waals surface area (Å²) in [5.41, 5.74) is 3.73. The monoisotopic (exact) mass is 365 g/mol. The minimum absolute atomic E-state index is 0.0472. The molecular weight excluding hydrogens is 354 g/mol. The van der Waals surface area contributed by atoms with Gasteiger partial charge in [0.15, 0.2) is 6.61 Å². The van der Waals surface area contributed by atoms with Crippen LogP contribution in [0.3, 0.4) is 0 Å². The highest BCUT2D eigenvalue weighted by molar-refractivity contribution is 9.09. The number of aryl methyl sites for hydroxylation is 1. The van der Waals surface area contributed by atoms with Gasteiger partial charge in [0, 0.05) is 5.02 Å². The Bertz CT molecular complexity index is 717. The van der Waals surface area contributed by atoms with Crippen LogP contribution in [-0.4, -0.2) is 12.5 Å². The summed E-state index contributed by atoms with van der Waals surface area (Å²) in [6.07, 6.45) is 0. The highest BCUT2D eigenvalue weighted by Crippen LogP contribution is 2.39. The van der Waals surface area contributed by atoms with Gasteiger partial charge in [-0.1, -0.05) is 51.8 Å². The smallest absolute Gasteiger partial charge is 0.262 e. The van der Waals surface area contributed by atoms with Crippen molar-refractivity contribution in [2.24, 2.45) is 0 Å². The molecule has 0 bridgehead atoms. The molecule has 0 spiro atoms. The summed E-state index contributed by atoms with van der Waals surface area (Å²) < 4.78 is 5.37. The van der Waals surface area contributed by atoms with Gasteiger partial charge in [-0.25, -0.2) is 0 Å². The number of fused-ring (bicyclic) bond motifs is 1. The van der Waals surface area contributed by atoms with E-state index in [1.165, 1.54) is 0 Å². The van der Waals surface area contributed by atoms with Crippen molar-refractivity contribution < 1.29 is 9.53 Å². The van der Waals surface area contributed by atoms with E-state index < -0.39 is 0 Å². The van der Waals surface area contributed by atoms with Crippen LogP contribution in [0.1, 0.15) is 21.5 Å². The number of rotatable bonds is 2. The predicted octanol–water partition coefficient (Wildman–Crippen LogP) is 4.46. The van der Waals surface area contributed by atoms with Crippen LogP contribution in [0.15, 0.2) is 36.4 Å². The summed E-state index contributed by atoms with van der Waals surface area (Å²) >= 11 is 10.1. The molecule has 0 saturated heterocycles. The molecule has 1 amide bonds. The van der Waals surface area contributed by atoms with Gasteiger partial charge < -0.3 is 10.1 Å². The van der Waals surface area contributed by atoms with Gasteiger partial charge in [-0.3, -0.25) is 4.79 Å². The lowest BCUT2D eigenvalue weighted by Gasteiger charge is -2.20. The summed E-state index contributed by atoms with van der Waals surface area (Å²) in [5.74, 6) is 0.549. The minimum Gasteiger partial charge on any atom is -0.482 e. The van der Waals surface area contributed by atoms with Crippen molar-refractivity contribution in [1.29, 1.82) is 0 Å². The zero-order valence-corrected chi connectivity index (χ0v) is 13.7. The van der Waals surface area contributed by atoms with E-state index in [1.54, 1.807) is 0 Å². The lowest BCUT2D eigenvalue weighted by molar-refractivity contribution is -0.118. The summed E-state index contributed by atoms with van der Waals surface area (Å²) in [6, 6.07) is 11.7. The van der Waals surface area contributed by atoms with Crippen molar-refractivity contribution >= 4 is 39.1 Å². The number of carbonyl (C=O) groups is 1. The number of alkyl halides is 1. The number of carbonyl (C=O) groups excluding carboxylic acids is 1. The molecule has 0 aliphatic carbocycles. The Kier molecular flexibility index (Phi) is 3.91. The van der Waals surface area contributed by atoms with E-state index in [-0.39, 0.29) is 17.3 Å². The maximum atomic E-state index is 11.4. The van der Waals surface area contributed by atoms with Crippen LogP contribution in [0.2, 0.25) is 5.02 Å². The Morgan fingerprint density at radius 2 is 2.14 bits per heavy atom. The van der Waals surface area contributed by atoms with Gasteiger partial charge in [0.1, 0.15) is 5.75 Å². The van der Waals surface area contributed by atoms with E-state index in [9.17, 15) is 4.79 Å². The van der Waals surface area contributed by atoms with E-state index in [0.717, 1.165) is 21.7 Å². The van der Waals surface area contributed by atoms with Gasteiger partial charge in [0.25, 0.3) is 5.91 Å². The molecule has 2 aromatic rings. The molecule has 1 unspecified atom stereocenters. The molecule has 21 heavy (non-hydrogen) atoms. The SMILES string of the molecule is Cc1cccc(C(Br)c2ccc3c(c2)NC(=O)CO3)c1Cl. The number of benzene rings is 2. The van der Waals surface area contributed by atoms with Gasteiger partial charge in [-0.15, -0.1) is 0 Å². The summed E-state index contributed by atoms with van der Waals surface area (Å²) in [5, 5.41) is 3.56. The van der Waals surface area contributed by atoms with Crippen molar-refractivity contribution in [2.75, 3.05) is 11.9 Å². The maximum absolute atomic E-state index is 11.4. The number of hydrogen-bond acceptors (Lipinski definition) is 2. The first-order valence-corrected chi connectivity index (χ1v) is 7.81. The van der Waals surface area contributed by atoms with Crippen LogP contribution < -0.4 is 10.1 Å². The Labute approximate surface area is 136 Å². The van der Waals surface area contributed by atoms with Crippen LogP contribution in [0.25, 0.3) is 0 Å². The van der Waals surface area contributed by atoms with Crippen LogP contribution in [0.5, 0.6) is 5.75 Å². The average molecular weight is 367 g/mol. The molecule has 0 fully saturated rings. The predicted molar refractivity (Wildman–Crippen MR) is 87.5 cm³/mol. The fraction of sp³-hybridized carbons (Fsp3) is 0.188. The summed E-state index contributed by atoms with van der Waals surface area (Å²) in [7, 11) is 0. The molecule has 1 N–H and O–H groups in total. The zero-order chi connectivity index (χ0) is 15.0. The van der Waals surface area contributed by atoms with Gasteiger partial charge in [0.2, 0.25) is 0 Å². The van der Waals surface area contributed by atoms with Crippen LogP contribution >= 0.6 is 27.5 Å². The molecule has 3 rings (SSSR count). The van der Waals surface area contributed by atoms with Crippen molar-refractivity contribution in [3.63, 3.8) is 0 Å². The molecule has 1 heterocycles. The quantitative estimate of drug-likeness (QED) is 0.797. The second-order valence-corrected chi connectivity index (χ2v) is 6.23. The molecular formula is C16H13BrClNO2. The number of halogens is 2. The minimum atomic E-state index is -0.139. The van der Waals surface area contributed by atoms with E-state index in [0.29, 0.717) is 11.4 Å². The second kappa shape index (κ2) is 5.70. The fourth-order valence-electron chi connectivity index (χ4n) is 2.30. The number of ether oxygens (including phenoxy) is 1. The first-order valence-electron chi connectivity index (χ1n) is 6.52. The third-order valence-electron chi connectivity index (χ3n) is 3.42. The van der Waals surface area contributed by atoms with Crippen molar-refractivity contribution in [3.8, 4) is 5.75 Å². The van der Waals surface area contributed by atoms with Gasteiger partial charge in [-0.2, -0.15) is 0 Å². The summed E-state index contributed by atoms with van der Waals surface area (Å²) in [6.45, 7) is 2.04. The molecule has 0 radical (unpaired) electrons. The number of nitrogens with one attached hydrogen (secondary N) is 1. The Hall–Kier alpha value is -1.52. The topological polar surface area (TPSA) is 38.3 Å². The van der Waals surface area contributed by atoms with E-state index in [1.807, 2.05) is 43.3 Å². The number of amides is 1. The molecule has 2 aromatic carbocycles. The molecule has 1 aliphatic rings. The average Bonchev–Trinajstić information content (AvgIpc) is 2.48. The van der Waals surface area contributed by atoms with Gasteiger partial charge in [-0.05, 0) is 35.7 Å². The zero-order valence-electron chi connectivity index (χ0n) is 11.3. The fourth-order valence-corrected chi connectivity index (χ4v) is 3.34. The molecule has 108 valence electrons. The first kappa shape index (κ1) is 14.4. The third-order valence-corrected chi connectivity index (χ3v) is 4.96.